The molecule has 0 fully saturated rings. The van der Waals surface area contributed by atoms with Gasteiger partial charge in [-0.2, -0.15) is 0 Å². The maximum atomic E-state index is 4.63. The van der Waals surface area contributed by atoms with Crippen molar-refractivity contribution in [1.82, 2.24) is 15.0 Å². The van der Waals surface area contributed by atoms with Gasteiger partial charge in [0.15, 0.2) is 0 Å². The predicted molar refractivity (Wildman–Crippen MR) is 73.5 cm³/mol. The van der Waals surface area contributed by atoms with Gasteiger partial charge in [0.05, 0.1) is 5.69 Å². The maximum absolute atomic E-state index is 4.63. The third-order valence-corrected chi connectivity index (χ3v) is 3.52. The van der Waals surface area contributed by atoms with Crippen molar-refractivity contribution in [2.75, 3.05) is 0 Å². The number of nitrogens with zero attached hydrogens (tertiary/aromatic N) is 3. The Morgan fingerprint density at radius 2 is 1.63 bits per heavy atom. The fourth-order valence-corrected chi connectivity index (χ4v) is 2.59. The minimum Gasteiger partial charge on any atom is -0.265 e. The first-order valence-electron chi connectivity index (χ1n) is 6.24. The molecule has 0 N–H and O–H groups in total. The highest BCUT2D eigenvalue weighted by Gasteiger charge is 2.19. The van der Waals surface area contributed by atoms with Gasteiger partial charge in [-0.3, -0.25) is 15.0 Å². The van der Waals surface area contributed by atoms with Crippen molar-refractivity contribution in [1.29, 1.82) is 0 Å². The van der Waals surface area contributed by atoms with Gasteiger partial charge in [-0.25, -0.2) is 0 Å². The first kappa shape index (κ1) is 10.4. The zero-order chi connectivity index (χ0) is 12.7. The fraction of sp³-hybridized carbons (Fsp3) is 0.0625. The second-order valence-corrected chi connectivity index (χ2v) is 4.68. The van der Waals surface area contributed by atoms with Crippen molar-refractivity contribution in [2.24, 2.45) is 0 Å². The normalized spacial score (nSPS) is 12.0. The van der Waals surface area contributed by atoms with E-state index in [0.29, 0.717) is 0 Å². The third kappa shape index (κ3) is 1.63. The van der Waals surface area contributed by atoms with Gasteiger partial charge in [0.2, 0.25) is 0 Å². The molecule has 3 nitrogen and oxygen atoms in total. The van der Waals surface area contributed by atoms with Crippen molar-refractivity contribution in [3.8, 4) is 22.4 Å². The molecule has 0 aromatic carbocycles. The molecule has 90 valence electrons. The van der Waals surface area contributed by atoms with Crippen molar-refractivity contribution in [3.05, 3.63) is 66.4 Å². The summed E-state index contributed by atoms with van der Waals surface area (Å²) in [7, 11) is 0. The quantitative estimate of drug-likeness (QED) is 0.517. The summed E-state index contributed by atoms with van der Waals surface area (Å²) in [6, 6.07) is 8.28. The Morgan fingerprint density at radius 1 is 0.789 bits per heavy atom. The molecule has 1 aliphatic rings. The van der Waals surface area contributed by atoms with Crippen LogP contribution in [0.2, 0.25) is 0 Å². The van der Waals surface area contributed by atoms with Crippen LogP contribution >= 0.6 is 0 Å². The van der Waals surface area contributed by atoms with Crippen LogP contribution in [0.25, 0.3) is 22.4 Å². The summed E-state index contributed by atoms with van der Waals surface area (Å²) in [6.45, 7) is 0. The summed E-state index contributed by atoms with van der Waals surface area (Å²) in [5, 5.41) is 0. The van der Waals surface area contributed by atoms with Crippen LogP contribution in [0, 0.1) is 0 Å². The first-order chi connectivity index (χ1) is 9.42. The molecule has 0 unspecified atom stereocenters. The van der Waals surface area contributed by atoms with Gasteiger partial charge in [0.25, 0.3) is 0 Å². The van der Waals surface area contributed by atoms with E-state index in [9.17, 15) is 0 Å². The number of fused-ring (bicyclic) bond motifs is 3. The lowest BCUT2D eigenvalue weighted by Gasteiger charge is -2.04. The smallest absolute Gasteiger partial charge is 0.0741 e. The van der Waals surface area contributed by atoms with Gasteiger partial charge >= 0.3 is 0 Å². The van der Waals surface area contributed by atoms with Gasteiger partial charge in [0, 0.05) is 48.5 Å². The lowest BCUT2D eigenvalue weighted by atomic mass is 10.1. The van der Waals surface area contributed by atoms with Gasteiger partial charge < -0.3 is 0 Å². The Kier molecular flexibility index (Phi) is 2.18. The van der Waals surface area contributed by atoms with E-state index in [1.807, 2.05) is 36.8 Å². The molecule has 0 atom stereocenters. The maximum Gasteiger partial charge on any atom is 0.0741 e. The van der Waals surface area contributed by atoms with Crippen molar-refractivity contribution in [3.63, 3.8) is 0 Å². The Labute approximate surface area is 111 Å². The molecule has 0 radical (unpaired) electrons. The van der Waals surface area contributed by atoms with E-state index in [1.165, 1.54) is 16.7 Å². The number of pyridine rings is 3. The van der Waals surface area contributed by atoms with E-state index in [4.69, 9.17) is 0 Å². The zero-order valence-electron chi connectivity index (χ0n) is 10.2. The Bertz CT molecular complexity index is 751. The minimum absolute atomic E-state index is 0.921. The molecule has 3 heteroatoms. The standard InChI is InChI=1S/C16H11N3/c1-4-17-5-2-11(1)13-7-12-8-14-9-18-6-3-15(14)16(12)19-10-13/h1-7,9-10H,8H2. The topological polar surface area (TPSA) is 38.7 Å². The molecule has 0 spiro atoms. The summed E-state index contributed by atoms with van der Waals surface area (Å²) in [5.74, 6) is 0. The molecule has 0 aliphatic heterocycles. The second-order valence-electron chi connectivity index (χ2n) is 4.68. The molecule has 0 bridgehead atoms. The molecule has 19 heavy (non-hydrogen) atoms. The monoisotopic (exact) mass is 245 g/mol. The lowest BCUT2D eigenvalue weighted by molar-refractivity contribution is 1.19. The summed E-state index contributed by atoms with van der Waals surface area (Å²) < 4.78 is 0. The van der Waals surface area contributed by atoms with Crippen LogP contribution in [-0.2, 0) is 6.42 Å². The molecule has 3 heterocycles. The average molecular weight is 245 g/mol. The van der Waals surface area contributed by atoms with Gasteiger partial charge in [-0.15, -0.1) is 0 Å². The number of hydrogen-bond donors (Lipinski definition) is 0. The number of hydrogen-bond acceptors (Lipinski definition) is 3. The van der Waals surface area contributed by atoms with Crippen LogP contribution in [-0.4, -0.2) is 15.0 Å². The molecule has 1 aliphatic carbocycles. The van der Waals surface area contributed by atoms with Gasteiger partial charge in [-0.1, -0.05) is 0 Å². The molecular weight excluding hydrogens is 234 g/mol. The molecule has 4 rings (SSSR count). The average Bonchev–Trinajstić information content (AvgIpc) is 2.86. The van der Waals surface area contributed by atoms with E-state index in [1.54, 1.807) is 12.4 Å². The molecule has 0 amide bonds. The summed E-state index contributed by atoms with van der Waals surface area (Å²) >= 11 is 0. The van der Waals surface area contributed by atoms with Crippen LogP contribution in [0.5, 0.6) is 0 Å². The van der Waals surface area contributed by atoms with E-state index < -0.39 is 0 Å². The minimum atomic E-state index is 0.921. The molecular formula is C16H11N3. The number of aromatic nitrogens is 3. The van der Waals surface area contributed by atoms with Gasteiger partial charge in [-0.05, 0) is 41.0 Å². The van der Waals surface area contributed by atoms with Crippen molar-refractivity contribution in [2.45, 2.75) is 6.42 Å². The highest BCUT2D eigenvalue weighted by Crippen LogP contribution is 2.35. The van der Waals surface area contributed by atoms with E-state index >= 15 is 0 Å². The summed E-state index contributed by atoms with van der Waals surface area (Å²) in [6.07, 6.45) is 10.2. The van der Waals surface area contributed by atoms with Crippen LogP contribution in [0.4, 0.5) is 0 Å². The summed E-state index contributed by atoms with van der Waals surface area (Å²) in [5.41, 5.74) is 7.14. The second kappa shape index (κ2) is 3.99. The molecule has 0 saturated carbocycles. The Hall–Kier alpha value is -2.55. The molecule has 3 aromatic heterocycles. The van der Waals surface area contributed by atoms with Crippen LogP contribution in [0.15, 0.2) is 55.2 Å². The molecule has 0 saturated heterocycles. The largest absolute Gasteiger partial charge is 0.265 e. The fourth-order valence-electron chi connectivity index (χ4n) is 2.59. The highest BCUT2D eigenvalue weighted by molar-refractivity contribution is 5.76. The Balaban J connectivity index is 1.84. The Morgan fingerprint density at radius 3 is 2.53 bits per heavy atom. The first-order valence-corrected chi connectivity index (χ1v) is 6.24. The van der Waals surface area contributed by atoms with E-state index in [0.717, 1.165) is 23.2 Å². The van der Waals surface area contributed by atoms with Crippen LogP contribution < -0.4 is 0 Å². The van der Waals surface area contributed by atoms with Crippen molar-refractivity contribution >= 4 is 0 Å². The highest BCUT2D eigenvalue weighted by atomic mass is 14.7. The van der Waals surface area contributed by atoms with Crippen molar-refractivity contribution < 1.29 is 0 Å². The predicted octanol–water partition coefficient (Wildman–Crippen LogP) is 3.11. The van der Waals surface area contributed by atoms with E-state index in [-0.39, 0.29) is 0 Å². The SMILES string of the molecule is c1cc(-c2cnc3c(c2)Cc2cnccc2-3)ccn1. The van der Waals surface area contributed by atoms with Crippen LogP contribution in [0.1, 0.15) is 11.1 Å². The van der Waals surface area contributed by atoms with Gasteiger partial charge in [0.1, 0.15) is 0 Å². The van der Waals surface area contributed by atoms with Crippen LogP contribution in [0.3, 0.4) is 0 Å². The summed E-state index contributed by atoms with van der Waals surface area (Å²) in [4.78, 5) is 12.9. The van der Waals surface area contributed by atoms with E-state index in [2.05, 4.69) is 21.0 Å². The third-order valence-electron chi connectivity index (χ3n) is 3.52. The zero-order valence-corrected chi connectivity index (χ0v) is 10.2. The lowest BCUT2D eigenvalue weighted by Crippen LogP contribution is -1.87. The molecule has 3 aromatic rings. The number of rotatable bonds is 1.